The normalized spacial score (nSPS) is 23.3. The van der Waals surface area contributed by atoms with Crippen LogP contribution in [0.4, 0.5) is 0 Å². The Morgan fingerprint density at radius 2 is 0.875 bits per heavy atom. The van der Waals surface area contributed by atoms with E-state index in [9.17, 15) is 9.90 Å². The van der Waals surface area contributed by atoms with Gasteiger partial charge in [-0.15, -0.1) is 0 Å². The van der Waals surface area contributed by atoms with E-state index in [-0.39, 0.29) is 29.6 Å². The van der Waals surface area contributed by atoms with Gasteiger partial charge >= 0.3 is 5.97 Å². The maximum atomic E-state index is 11.3. The van der Waals surface area contributed by atoms with Gasteiger partial charge in [-0.2, -0.15) is 0 Å². The second kappa shape index (κ2) is 14.9. The summed E-state index contributed by atoms with van der Waals surface area (Å²) in [6.07, 6.45) is 6.92. The van der Waals surface area contributed by atoms with E-state index in [1.165, 1.54) is 36.3 Å². The molecule has 48 heavy (non-hydrogen) atoms. The summed E-state index contributed by atoms with van der Waals surface area (Å²) in [5.41, 5.74) is 6.67. The van der Waals surface area contributed by atoms with Crippen molar-refractivity contribution >= 4 is 13.1 Å². The number of aliphatic carboxylic acids is 1. The third kappa shape index (κ3) is 7.55. The van der Waals surface area contributed by atoms with Gasteiger partial charge in [-0.1, -0.05) is 83.1 Å². The first kappa shape index (κ1) is 38.5. The van der Waals surface area contributed by atoms with Crippen molar-refractivity contribution in [2.45, 2.75) is 157 Å². The van der Waals surface area contributed by atoms with Crippen LogP contribution in [0.15, 0.2) is 18.2 Å². The molecule has 10 heteroatoms. The number of hydrogen-bond acceptors (Lipinski definition) is 4. The molecule has 8 nitrogen and oxygen atoms in total. The Labute approximate surface area is 300 Å². The van der Waals surface area contributed by atoms with E-state index in [1.807, 2.05) is 0 Å². The quantitative estimate of drug-likeness (QED) is 0.213. The van der Waals surface area contributed by atoms with Gasteiger partial charge in [0.1, 0.15) is 0 Å². The van der Waals surface area contributed by atoms with Gasteiger partial charge in [0.25, 0.3) is 7.12 Å². The molecule has 3 aromatic heterocycles. The number of nitrogens with zero attached hydrogens (tertiary/aromatic N) is 6. The average Bonchev–Trinajstić information content (AvgIpc) is 3.71. The zero-order chi connectivity index (χ0) is 34.5. The van der Waals surface area contributed by atoms with E-state index in [4.69, 9.17) is 15.3 Å². The van der Waals surface area contributed by atoms with Gasteiger partial charge in [0.2, 0.25) is 0 Å². The molecule has 0 aliphatic heterocycles. The summed E-state index contributed by atoms with van der Waals surface area (Å²) in [4.78, 5) is 11.3. The summed E-state index contributed by atoms with van der Waals surface area (Å²) in [5, 5.41) is 24.8. The molecule has 0 unspecified atom stereocenters. The molecule has 7 rings (SSSR count). The summed E-state index contributed by atoms with van der Waals surface area (Å²) in [5.74, 6) is 3.77. The predicted molar refractivity (Wildman–Crippen MR) is 191 cm³/mol. The molecule has 1 radical (unpaired) electrons. The van der Waals surface area contributed by atoms with Crippen molar-refractivity contribution in [1.82, 2.24) is 29.1 Å². The Morgan fingerprint density at radius 3 is 1.08 bits per heavy atom. The van der Waals surface area contributed by atoms with Crippen molar-refractivity contribution in [2.24, 2.45) is 23.2 Å². The fraction of sp³-hybridized carbons (Fsp3) is 0.737. The molecule has 267 valence electrons. The molecule has 0 spiro atoms. The Bertz CT molecular complexity index is 1370. The van der Waals surface area contributed by atoms with Gasteiger partial charge in [-0.05, 0) is 127 Å². The largest absolute Gasteiger partial charge is 0.481 e. The number of carbonyl (C=O) groups is 1. The van der Waals surface area contributed by atoms with Crippen LogP contribution in [0.3, 0.4) is 0 Å². The monoisotopic (exact) mass is 700 g/mol. The second-order valence-electron chi connectivity index (χ2n) is 17.1. The minimum absolute atomic E-state index is 0. The predicted octanol–water partition coefficient (Wildman–Crippen LogP) is 9.23. The van der Waals surface area contributed by atoms with Crippen molar-refractivity contribution < 1.29 is 27.0 Å². The van der Waals surface area contributed by atoms with Gasteiger partial charge in [-0.3, -0.25) is 4.79 Å². The summed E-state index contributed by atoms with van der Waals surface area (Å²) in [7, 11) is -0.292. The summed E-state index contributed by atoms with van der Waals surface area (Å²) in [6.45, 7) is 26.7. The average molecular weight is 701 g/mol. The number of carboxylic acids is 1. The van der Waals surface area contributed by atoms with Crippen LogP contribution in [-0.4, -0.2) is 47.3 Å². The molecule has 3 heterocycles. The number of rotatable bonds is 10. The third-order valence-electron chi connectivity index (χ3n) is 11.0. The first-order valence-corrected chi connectivity index (χ1v) is 18.5. The molecule has 4 aliphatic rings. The van der Waals surface area contributed by atoms with Crippen LogP contribution in [0.2, 0.25) is 0 Å². The van der Waals surface area contributed by atoms with Crippen LogP contribution in [-0.2, 0) is 21.9 Å². The SMILES string of the molecule is CC(C)c1cc(C(C)C)n([B-](n2nc(C(C)C)cc2C(C)C)n2nc(C(C)C)cc2C(C)C)n1.O=C(O)C12CC3CC(CC(C3)C1)C2.[Fe]. The maximum absolute atomic E-state index is 11.3. The van der Waals surface area contributed by atoms with Crippen LogP contribution in [0.1, 0.15) is 191 Å². The van der Waals surface area contributed by atoms with Crippen molar-refractivity contribution in [1.29, 1.82) is 0 Å². The van der Waals surface area contributed by atoms with Gasteiger partial charge in [0.15, 0.2) is 0 Å². The van der Waals surface area contributed by atoms with Gasteiger partial charge < -0.3 is 18.9 Å². The minimum atomic E-state index is -0.508. The fourth-order valence-electron chi connectivity index (χ4n) is 8.66. The van der Waals surface area contributed by atoms with Gasteiger partial charge in [0, 0.05) is 17.1 Å². The van der Waals surface area contributed by atoms with Crippen LogP contribution >= 0.6 is 0 Å². The minimum Gasteiger partial charge on any atom is -0.481 e. The third-order valence-corrected chi connectivity index (χ3v) is 11.0. The number of aromatic nitrogens is 6. The van der Waals surface area contributed by atoms with E-state index < -0.39 is 5.97 Å². The van der Waals surface area contributed by atoms with E-state index in [0.717, 1.165) is 54.1 Å². The van der Waals surface area contributed by atoms with Crippen LogP contribution in [0, 0.1) is 23.2 Å². The Morgan fingerprint density at radius 1 is 0.604 bits per heavy atom. The molecule has 0 atom stereocenters. The molecule has 0 aromatic carbocycles. The standard InChI is InChI=1S/C27H45BN6.C11H16O2.Fe/c1-16(2)22-13-25(19(7)8)32(29-22)28(33-26(20(9)10)14-23(30-33)17(3)4)34-27(21(11)12)15-24(31-34)18(5)6;12-10(13)11-4-7-1-8(5-11)3-9(2-7)6-11;/h13-21H,1-12H3;7-9H,1-6H2,(H,12,13);/q-1;;. The van der Waals surface area contributed by atoms with Crippen molar-refractivity contribution in [3.63, 3.8) is 0 Å². The topological polar surface area (TPSA) is 90.8 Å². The van der Waals surface area contributed by atoms with E-state index >= 15 is 0 Å². The first-order chi connectivity index (χ1) is 22.0. The molecule has 4 saturated carbocycles. The van der Waals surface area contributed by atoms with E-state index in [1.54, 1.807) is 0 Å². The van der Waals surface area contributed by atoms with E-state index in [2.05, 4.69) is 115 Å². The van der Waals surface area contributed by atoms with Crippen molar-refractivity contribution in [3.8, 4) is 0 Å². The smallest absolute Gasteiger partial charge is 0.309 e. The molecule has 4 aliphatic carbocycles. The second-order valence-corrected chi connectivity index (χ2v) is 17.1. The summed E-state index contributed by atoms with van der Waals surface area (Å²) in [6, 6.07) is 6.81. The summed E-state index contributed by atoms with van der Waals surface area (Å²) < 4.78 is 6.56. The van der Waals surface area contributed by atoms with Crippen molar-refractivity contribution in [3.05, 3.63) is 52.4 Å². The first-order valence-electron chi connectivity index (χ1n) is 18.5. The van der Waals surface area contributed by atoms with E-state index in [0.29, 0.717) is 35.5 Å². The van der Waals surface area contributed by atoms with Crippen molar-refractivity contribution in [2.75, 3.05) is 0 Å². The summed E-state index contributed by atoms with van der Waals surface area (Å²) >= 11 is 0. The maximum Gasteiger partial charge on any atom is 0.309 e. The van der Waals surface area contributed by atoms with Crippen LogP contribution < -0.4 is 0 Å². The van der Waals surface area contributed by atoms with Crippen LogP contribution in [0.25, 0.3) is 0 Å². The molecular formula is C38H61BFeN6O2-. The zero-order valence-electron chi connectivity index (χ0n) is 31.6. The Balaban J connectivity index is 0.000000306. The molecule has 0 amide bonds. The molecular weight excluding hydrogens is 639 g/mol. The molecule has 4 fully saturated rings. The molecule has 1 N–H and O–H groups in total. The molecule has 0 saturated heterocycles. The Hall–Kier alpha value is -2.32. The Kier molecular flexibility index (Phi) is 11.9. The zero-order valence-corrected chi connectivity index (χ0v) is 32.7. The van der Waals surface area contributed by atoms with Gasteiger partial charge in [0.05, 0.1) is 22.5 Å². The fourth-order valence-corrected chi connectivity index (χ4v) is 8.66. The van der Waals surface area contributed by atoms with Gasteiger partial charge in [-0.25, -0.2) is 15.3 Å². The number of carboxylic acid groups (broad SMARTS) is 1. The van der Waals surface area contributed by atoms with Crippen LogP contribution in [0.5, 0.6) is 0 Å². The molecule has 4 bridgehead atoms. The molecule has 3 aromatic rings. The number of hydrogen-bond donors (Lipinski definition) is 1.